The monoisotopic (exact) mass is 244 g/mol. The Morgan fingerprint density at radius 1 is 1.59 bits per heavy atom. The molecule has 6 nitrogen and oxygen atoms in total. The first kappa shape index (κ1) is 13.8. The van der Waals surface area contributed by atoms with Crippen molar-refractivity contribution in [1.29, 1.82) is 0 Å². The van der Waals surface area contributed by atoms with Crippen LogP contribution < -0.4 is 5.32 Å². The van der Waals surface area contributed by atoms with Crippen LogP contribution in [0, 0.1) is 0 Å². The average molecular weight is 244 g/mol. The molecule has 0 aliphatic carbocycles. The van der Waals surface area contributed by atoms with E-state index in [1.165, 1.54) is 4.90 Å². The van der Waals surface area contributed by atoms with Crippen molar-refractivity contribution in [3.63, 3.8) is 0 Å². The van der Waals surface area contributed by atoms with E-state index in [9.17, 15) is 9.59 Å². The Hall–Kier alpha value is -1.30. The molecule has 0 spiro atoms. The molecule has 98 valence electrons. The average Bonchev–Trinajstić information content (AvgIpc) is 2.77. The van der Waals surface area contributed by atoms with Crippen LogP contribution in [-0.4, -0.2) is 54.4 Å². The normalized spacial score (nSPS) is 20.9. The summed E-state index contributed by atoms with van der Waals surface area (Å²) >= 11 is 0. The summed E-state index contributed by atoms with van der Waals surface area (Å²) in [6, 6.07) is -1.19. The van der Waals surface area contributed by atoms with Crippen LogP contribution in [0.2, 0.25) is 0 Å². The number of hydrogen-bond acceptors (Lipinski definition) is 3. The molecule has 1 fully saturated rings. The fourth-order valence-electron chi connectivity index (χ4n) is 1.77. The second-order valence-corrected chi connectivity index (χ2v) is 4.26. The molecule has 0 aromatic carbocycles. The summed E-state index contributed by atoms with van der Waals surface area (Å²) in [6.07, 6.45) is 2.42. The van der Waals surface area contributed by atoms with Crippen LogP contribution >= 0.6 is 0 Å². The highest BCUT2D eigenvalue weighted by molar-refractivity contribution is 5.82. The van der Waals surface area contributed by atoms with E-state index in [1.807, 2.05) is 0 Å². The van der Waals surface area contributed by atoms with E-state index in [-0.39, 0.29) is 12.1 Å². The fourth-order valence-corrected chi connectivity index (χ4v) is 1.77. The van der Waals surface area contributed by atoms with Crippen molar-refractivity contribution in [2.45, 2.75) is 38.3 Å². The first-order valence-corrected chi connectivity index (χ1v) is 5.90. The van der Waals surface area contributed by atoms with Gasteiger partial charge >= 0.3 is 12.0 Å². The van der Waals surface area contributed by atoms with E-state index in [0.717, 1.165) is 19.4 Å². The van der Waals surface area contributed by atoms with Crippen molar-refractivity contribution in [3.8, 4) is 0 Å². The number of nitrogens with one attached hydrogen (secondary N) is 1. The van der Waals surface area contributed by atoms with Gasteiger partial charge in [0.05, 0.1) is 6.10 Å². The van der Waals surface area contributed by atoms with Gasteiger partial charge in [-0.05, 0) is 19.3 Å². The van der Waals surface area contributed by atoms with E-state index < -0.39 is 12.0 Å². The highest BCUT2D eigenvalue weighted by Crippen LogP contribution is 2.12. The lowest BCUT2D eigenvalue weighted by molar-refractivity contribution is -0.139. The lowest BCUT2D eigenvalue weighted by Gasteiger charge is -2.23. The molecule has 1 aliphatic rings. The Morgan fingerprint density at radius 2 is 2.29 bits per heavy atom. The number of carboxylic acid groups (broad SMARTS) is 1. The third kappa shape index (κ3) is 4.22. The summed E-state index contributed by atoms with van der Waals surface area (Å²) in [5.41, 5.74) is 0. The molecular weight excluding hydrogens is 224 g/mol. The predicted octanol–water partition coefficient (Wildman–Crippen LogP) is 0.670. The van der Waals surface area contributed by atoms with Gasteiger partial charge in [0.2, 0.25) is 0 Å². The second-order valence-electron chi connectivity index (χ2n) is 4.26. The number of carboxylic acids is 1. The molecule has 2 amide bonds. The number of amides is 2. The zero-order chi connectivity index (χ0) is 12.8. The molecule has 0 radical (unpaired) electrons. The minimum atomic E-state index is -1.01. The van der Waals surface area contributed by atoms with Crippen LogP contribution in [0.15, 0.2) is 0 Å². The second kappa shape index (κ2) is 6.44. The molecule has 17 heavy (non-hydrogen) atoms. The topological polar surface area (TPSA) is 78.9 Å². The van der Waals surface area contributed by atoms with Gasteiger partial charge in [-0.25, -0.2) is 9.59 Å². The predicted molar refractivity (Wildman–Crippen MR) is 61.9 cm³/mol. The minimum Gasteiger partial charge on any atom is -0.480 e. The molecule has 0 aromatic heterocycles. The van der Waals surface area contributed by atoms with E-state index in [0.29, 0.717) is 13.0 Å². The Labute approximate surface area is 101 Å². The summed E-state index contributed by atoms with van der Waals surface area (Å²) in [7, 11) is 1.64. The van der Waals surface area contributed by atoms with Crippen molar-refractivity contribution in [2.75, 3.05) is 20.2 Å². The number of carbonyl (C=O) groups excluding carboxylic acids is 1. The SMILES string of the molecule is CC[C@@H](NC(=O)N(C)CC1CCCO1)C(=O)O. The maximum Gasteiger partial charge on any atom is 0.326 e. The van der Waals surface area contributed by atoms with Crippen LogP contribution in [0.1, 0.15) is 26.2 Å². The molecule has 6 heteroatoms. The largest absolute Gasteiger partial charge is 0.480 e. The minimum absolute atomic E-state index is 0.0793. The van der Waals surface area contributed by atoms with E-state index >= 15 is 0 Å². The molecular formula is C11H20N2O4. The van der Waals surface area contributed by atoms with Crippen molar-refractivity contribution in [1.82, 2.24) is 10.2 Å². The van der Waals surface area contributed by atoms with Crippen molar-refractivity contribution in [2.24, 2.45) is 0 Å². The molecule has 0 bridgehead atoms. The molecule has 2 N–H and O–H groups in total. The van der Waals surface area contributed by atoms with Crippen LogP contribution in [0.25, 0.3) is 0 Å². The molecule has 0 aromatic rings. The summed E-state index contributed by atoms with van der Waals surface area (Å²) in [6.45, 7) is 2.97. The van der Waals surface area contributed by atoms with E-state index in [4.69, 9.17) is 9.84 Å². The number of nitrogens with zero attached hydrogens (tertiary/aromatic N) is 1. The van der Waals surface area contributed by atoms with E-state index in [1.54, 1.807) is 14.0 Å². The quantitative estimate of drug-likeness (QED) is 0.745. The van der Waals surface area contributed by atoms with Gasteiger partial charge in [0.25, 0.3) is 0 Å². The standard InChI is InChI=1S/C11H20N2O4/c1-3-9(10(14)15)12-11(16)13(2)7-8-5-4-6-17-8/h8-9H,3-7H2,1-2H3,(H,12,16)(H,14,15)/t8?,9-/m1/s1. The molecule has 1 unspecified atom stereocenters. The first-order valence-electron chi connectivity index (χ1n) is 5.90. The van der Waals surface area contributed by atoms with Gasteiger partial charge in [0.15, 0.2) is 0 Å². The van der Waals surface area contributed by atoms with Crippen molar-refractivity contribution >= 4 is 12.0 Å². The van der Waals surface area contributed by atoms with Crippen molar-refractivity contribution < 1.29 is 19.4 Å². The zero-order valence-corrected chi connectivity index (χ0v) is 10.3. The number of aliphatic carboxylic acids is 1. The summed E-state index contributed by atoms with van der Waals surface area (Å²) in [4.78, 5) is 23.9. The number of ether oxygens (including phenoxy) is 1. The van der Waals surface area contributed by atoms with Gasteiger partial charge in [0, 0.05) is 20.2 Å². The lowest BCUT2D eigenvalue weighted by atomic mass is 10.2. The highest BCUT2D eigenvalue weighted by Gasteiger charge is 2.23. The molecule has 1 heterocycles. The molecule has 1 saturated heterocycles. The summed E-state index contributed by atoms with van der Waals surface area (Å²) in [5.74, 6) is -1.01. The Bertz CT molecular complexity index is 277. The molecule has 0 saturated carbocycles. The Morgan fingerprint density at radius 3 is 2.76 bits per heavy atom. The first-order chi connectivity index (χ1) is 8.04. The highest BCUT2D eigenvalue weighted by atomic mass is 16.5. The summed E-state index contributed by atoms with van der Waals surface area (Å²) < 4.78 is 5.41. The maximum atomic E-state index is 11.7. The Kier molecular flexibility index (Phi) is 5.21. The van der Waals surface area contributed by atoms with E-state index in [2.05, 4.69) is 5.32 Å². The van der Waals surface area contributed by atoms with Crippen LogP contribution in [-0.2, 0) is 9.53 Å². The van der Waals surface area contributed by atoms with Crippen LogP contribution in [0.4, 0.5) is 4.79 Å². The smallest absolute Gasteiger partial charge is 0.326 e. The third-order valence-electron chi connectivity index (χ3n) is 2.85. The van der Waals surface area contributed by atoms with Gasteiger partial charge in [-0.3, -0.25) is 0 Å². The number of rotatable bonds is 5. The molecule has 1 rings (SSSR count). The van der Waals surface area contributed by atoms with Gasteiger partial charge in [0.1, 0.15) is 6.04 Å². The number of carbonyl (C=O) groups is 2. The third-order valence-corrected chi connectivity index (χ3v) is 2.85. The Balaban J connectivity index is 2.37. The zero-order valence-electron chi connectivity index (χ0n) is 10.3. The van der Waals surface area contributed by atoms with Gasteiger partial charge in [-0.15, -0.1) is 0 Å². The molecule has 1 aliphatic heterocycles. The lowest BCUT2D eigenvalue weighted by Crippen LogP contribution is -2.48. The van der Waals surface area contributed by atoms with Crippen molar-refractivity contribution in [3.05, 3.63) is 0 Å². The van der Waals surface area contributed by atoms with Crippen LogP contribution in [0.3, 0.4) is 0 Å². The van der Waals surface area contributed by atoms with Gasteiger partial charge < -0.3 is 20.1 Å². The number of urea groups is 1. The maximum absolute atomic E-state index is 11.7. The summed E-state index contributed by atoms with van der Waals surface area (Å²) in [5, 5.41) is 11.3. The molecule has 2 atom stereocenters. The fraction of sp³-hybridized carbons (Fsp3) is 0.818. The van der Waals surface area contributed by atoms with Gasteiger partial charge in [-0.2, -0.15) is 0 Å². The van der Waals surface area contributed by atoms with Gasteiger partial charge in [-0.1, -0.05) is 6.92 Å². The number of hydrogen-bond donors (Lipinski definition) is 2. The van der Waals surface area contributed by atoms with Crippen LogP contribution in [0.5, 0.6) is 0 Å². The number of likely N-dealkylation sites (N-methyl/N-ethyl adjacent to an activating group) is 1.